The minimum atomic E-state index is -2.74. The van der Waals surface area contributed by atoms with Crippen molar-refractivity contribution < 1.29 is 18.3 Å². The van der Waals surface area contributed by atoms with Crippen LogP contribution in [0.1, 0.15) is 28.0 Å². The molecule has 1 heterocycles. The number of esters is 1. The van der Waals surface area contributed by atoms with E-state index in [0.717, 1.165) is 7.11 Å². The second-order valence-electron chi connectivity index (χ2n) is 2.81. The summed E-state index contributed by atoms with van der Waals surface area (Å²) in [4.78, 5) is 15.1. The first kappa shape index (κ1) is 12.0. The van der Waals surface area contributed by atoms with E-state index in [0.29, 0.717) is 5.69 Å². The third-order valence-electron chi connectivity index (χ3n) is 1.76. The maximum Gasteiger partial charge on any atom is 0.341 e. The highest BCUT2D eigenvalue weighted by Crippen LogP contribution is 2.28. The Morgan fingerprint density at radius 3 is 2.67 bits per heavy atom. The molecule has 15 heavy (non-hydrogen) atoms. The summed E-state index contributed by atoms with van der Waals surface area (Å²) in [7, 11) is 1.13. The molecule has 0 saturated heterocycles. The summed E-state index contributed by atoms with van der Waals surface area (Å²) in [5.41, 5.74) is -0.191. The molecular weight excluding hydrogens is 272 g/mol. The number of hydrogen-bond donors (Lipinski definition) is 0. The smallest absolute Gasteiger partial charge is 0.341 e. The summed E-state index contributed by atoms with van der Waals surface area (Å²) in [5.74, 6) is -0.829. The first-order chi connectivity index (χ1) is 6.97. The number of nitrogens with zero attached hydrogens (tertiary/aromatic N) is 1. The summed E-state index contributed by atoms with van der Waals surface area (Å²) in [6, 6.07) is 1.17. The Kier molecular flexibility index (Phi) is 3.73. The number of halogens is 3. The number of methoxy groups -OCH3 is 1. The van der Waals surface area contributed by atoms with Crippen LogP contribution < -0.4 is 0 Å². The fourth-order valence-corrected chi connectivity index (χ4v) is 1.81. The first-order valence-corrected chi connectivity index (χ1v) is 4.80. The van der Waals surface area contributed by atoms with Gasteiger partial charge in [0.05, 0.1) is 7.11 Å². The van der Waals surface area contributed by atoms with Crippen LogP contribution in [0.2, 0.25) is 0 Å². The van der Waals surface area contributed by atoms with Gasteiger partial charge in [0.1, 0.15) is 10.2 Å². The number of alkyl halides is 2. The normalized spacial score (nSPS) is 10.5. The van der Waals surface area contributed by atoms with Gasteiger partial charge in [0.15, 0.2) is 0 Å². The number of pyridine rings is 1. The van der Waals surface area contributed by atoms with Crippen molar-refractivity contribution in [1.29, 1.82) is 0 Å². The number of aromatic nitrogens is 1. The van der Waals surface area contributed by atoms with E-state index < -0.39 is 12.4 Å². The molecule has 0 N–H and O–H groups in total. The summed E-state index contributed by atoms with van der Waals surface area (Å²) < 4.78 is 29.7. The molecule has 0 unspecified atom stereocenters. The van der Waals surface area contributed by atoms with E-state index in [1.165, 1.54) is 6.07 Å². The highest BCUT2D eigenvalue weighted by molar-refractivity contribution is 9.10. The zero-order valence-corrected chi connectivity index (χ0v) is 9.64. The minimum absolute atomic E-state index is 0.0738. The molecule has 0 fully saturated rings. The van der Waals surface area contributed by atoms with Crippen LogP contribution in [-0.2, 0) is 4.74 Å². The SMILES string of the molecule is COC(=O)c1c(C(F)F)cc(C)nc1Br. The second-order valence-corrected chi connectivity index (χ2v) is 3.56. The van der Waals surface area contributed by atoms with Crippen molar-refractivity contribution in [3.8, 4) is 0 Å². The Balaban J connectivity index is 3.40. The Morgan fingerprint density at radius 1 is 1.60 bits per heavy atom. The van der Waals surface area contributed by atoms with Crippen molar-refractivity contribution in [1.82, 2.24) is 4.98 Å². The van der Waals surface area contributed by atoms with Crippen molar-refractivity contribution >= 4 is 21.9 Å². The Bertz CT molecular complexity index is 396. The molecule has 0 radical (unpaired) electrons. The van der Waals surface area contributed by atoms with E-state index in [4.69, 9.17) is 0 Å². The molecule has 1 rings (SSSR count). The van der Waals surface area contributed by atoms with Crippen LogP contribution in [0.15, 0.2) is 10.7 Å². The molecule has 0 saturated carbocycles. The summed E-state index contributed by atoms with van der Waals surface area (Å²) in [5, 5.41) is 0. The molecule has 82 valence electrons. The van der Waals surface area contributed by atoms with Gasteiger partial charge in [-0.15, -0.1) is 0 Å². The lowest BCUT2D eigenvalue weighted by atomic mass is 10.1. The molecule has 0 spiro atoms. The van der Waals surface area contributed by atoms with E-state index in [9.17, 15) is 13.6 Å². The lowest BCUT2D eigenvalue weighted by Crippen LogP contribution is -2.09. The fraction of sp³-hybridized carbons (Fsp3) is 0.333. The van der Waals surface area contributed by atoms with Crippen LogP contribution in [0.5, 0.6) is 0 Å². The molecule has 0 amide bonds. The third kappa shape index (κ3) is 2.50. The number of carbonyl (C=O) groups is 1. The van der Waals surface area contributed by atoms with Gasteiger partial charge in [0.25, 0.3) is 6.43 Å². The molecule has 1 aromatic heterocycles. The van der Waals surface area contributed by atoms with Gasteiger partial charge in [-0.3, -0.25) is 0 Å². The van der Waals surface area contributed by atoms with Crippen LogP contribution in [0.3, 0.4) is 0 Å². The highest BCUT2D eigenvalue weighted by atomic mass is 79.9. The van der Waals surface area contributed by atoms with Crippen LogP contribution in [-0.4, -0.2) is 18.1 Å². The predicted molar refractivity (Wildman–Crippen MR) is 53.0 cm³/mol. The lowest BCUT2D eigenvalue weighted by Gasteiger charge is -2.09. The van der Waals surface area contributed by atoms with E-state index in [2.05, 4.69) is 25.7 Å². The van der Waals surface area contributed by atoms with Crippen LogP contribution in [0.25, 0.3) is 0 Å². The fourth-order valence-electron chi connectivity index (χ4n) is 1.14. The summed E-state index contributed by atoms with van der Waals surface area (Å²) in [6.07, 6.45) is -2.74. The van der Waals surface area contributed by atoms with Gasteiger partial charge >= 0.3 is 5.97 Å². The maximum absolute atomic E-state index is 12.6. The Morgan fingerprint density at radius 2 is 2.20 bits per heavy atom. The van der Waals surface area contributed by atoms with Crippen LogP contribution >= 0.6 is 15.9 Å². The van der Waals surface area contributed by atoms with E-state index in [-0.39, 0.29) is 15.7 Å². The zero-order valence-electron chi connectivity index (χ0n) is 8.05. The zero-order chi connectivity index (χ0) is 11.6. The van der Waals surface area contributed by atoms with Gasteiger partial charge in [-0.05, 0) is 28.9 Å². The quantitative estimate of drug-likeness (QED) is 0.617. The minimum Gasteiger partial charge on any atom is -0.465 e. The lowest BCUT2D eigenvalue weighted by molar-refractivity contribution is 0.0587. The summed E-state index contributed by atoms with van der Waals surface area (Å²) >= 11 is 2.96. The molecule has 0 aliphatic rings. The average Bonchev–Trinajstić information content (AvgIpc) is 2.15. The van der Waals surface area contributed by atoms with Crippen molar-refractivity contribution in [2.24, 2.45) is 0 Å². The van der Waals surface area contributed by atoms with Gasteiger partial charge in [-0.25, -0.2) is 18.6 Å². The predicted octanol–water partition coefficient (Wildman–Crippen LogP) is 2.88. The molecule has 1 aromatic rings. The van der Waals surface area contributed by atoms with Crippen LogP contribution in [0, 0.1) is 6.92 Å². The molecule has 0 atom stereocenters. The van der Waals surface area contributed by atoms with E-state index in [1.54, 1.807) is 6.92 Å². The molecule has 3 nitrogen and oxygen atoms in total. The van der Waals surface area contributed by atoms with Gasteiger partial charge in [-0.2, -0.15) is 0 Å². The van der Waals surface area contributed by atoms with Crippen molar-refractivity contribution in [3.63, 3.8) is 0 Å². The monoisotopic (exact) mass is 279 g/mol. The molecule has 0 aliphatic carbocycles. The number of aryl methyl sites for hydroxylation is 1. The highest BCUT2D eigenvalue weighted by Gasteiger charge is 2.23. The van der Waals surface area contributed by atoms with Gasteiger partial charge in [0, 0.05) is 11.3 Å². The van der Waals surface area contributed by atoms with Crippen molar-refractivity contribution in [2.75, 3.05) is 7.11 Å². The van der Waals surface area contributed by atoms with Crippen molar-refractivity contribution in [3.05, 3.63) is 27.5 Å². The molecule has 0 aliphatic heterocycles. The number of carbonyl (C=O) groups excluding carboxylic acids is 1. The Labute approximate surface area is 93.6 Å². The van der Waals surface area contributed by atoms with Gasteiger partial charge in [-0.1, -0.05) is 0 Å². The van der Waals surface area contributed by atoms with Gasteiger partial charge in [0.2, 0.25) is 0 Å². The number of hydrogen-bond acceptors (Lipinski definition) is 3. The third-order valence-corrected chi connectivity index (χ3v) is 2.33. The second kappa shape index (κ2) is 4.65. The average molecular weight is 280 g/mol. The van der Waals surface area contributed by atoms with E-state index >= 15 is 0 Å². The van der Waals surface area contributed by atoms with Crippen molar-refractivity contribution in [2.45, 2.75) is 13.3 Å². The maximum atomic E-state index is 12.6. The summed E-state index contributed by atoms with van der Waals surface area (Å²) in [6.45, 7) is 1.57. The Hall–Kier alpha value is -1.04. The standard InChI is InChI=1S/C9H8BrF2NO2/c1-4-3-5(8(11)12)6(7(10)13-4)9(14)15-2/h3,8H,1-2H3. The van der Waals surface area contributed by atoms with E-state index in [1.807, 2.05) is 0 Å². The molecule has 0 bridgehead atoms. The number of rotatable bonds is 2. The molecule has 0 aromatic carbocycles. The number of ether oxygens (including phenoxy) is 1. The molecular formula is C9H8BrF2NO2. The van der Waals surface area contributed by atoms with Crippen LogP contribution in [0.4, 0.5) is 8.78 Å². The molecule has 6 heteroatoms. The first-order valence-electron chi connectivity index (χ1n) is 4.01. The van der Waals surface area contributed by atoms with Gasteiger partial charge < -0.3 is 4.74 Å². The largest absolute Gasteiger partial charge is 0.465 e. The topological polar surface area (TPSA) is 39.2 Å².